The van der Waals surface area contributed by atoms with Crippen LogP contribution in [-0.4, -0.2) is 36.9 Å². The first kappa shape index (κ1) is 12.6. The Hall–Kier alpha value is -1.41. The van der Waals surface area contributed by atoms with Crippen molar-refractivity contribution in [3.05, 3.63) is 35.4 Å². The summed E-state index contributed by atoms with van der Waals surface area (Å²) in [7, 11) is 0. The highest BCUT2D eigenvalue weighted by molar-refractivity contribution is 5.31. The van der Waals surface area contributed by atoms with Crippen LogP contribution >= 0.6 is 0 Å². The zero-order valence-corrected chi connectivity index (χ0v) is 11.1. The number of piperidine rings is 1. The standard InChI is InChI=1S/C15H19N3O/c16-11-13-1-3-14(4-2-13)12-18-8-5-15(6-9-18)17-7-10-19-15/h1-4,17H,5-10,12H2. The maximum atomic E-state index is 8.79. The molecule has 1 aromatic carbocycles. The number of likely N-dealkylation sites (tertiary alicyclic amines) is 1. The number of benzene rings is 1. The summed E-state index contributed by atoms with van der Waals surface area (Å²) in [5, 5.41) is 12.3. The van der Waals surface area contributed by atoms with Crippen LogP contribution in [0.15, 0.2) is 24.3 Å². The summed E-state index contributed by atoms with van der Waals surface area (Å²) in [6.07, 6.45) is 2.12. The Morgan fingerprint density at radius 2 is 2.00 bits per heavy atom. The molecule has 19 heavy (non-hydrogen) atoms. The van der Waals surface area contributed by atoms with E-state index in [1.807, 2.05) is 24.3 Å². The first-order valence-corrected chi connectivity index (χ1v) is 6.90. The van der Waals surface area contributed by atoms with Crippen molar-refractivity contribution in [3.63, 3.8) is 0 Å². The highest BCUT2D eigenvalue weighted by atomic mass is 16.5. The molecule has 1 N–H and O–H groups in total. The summed E-state index contributed by atoms with van der Waals surface area (Å²) in [5.41, 5.74) is 1.96. The number of hydrogen-bond acceptors (Lipinski definition) is 4. The van der Waals surface area contributed by atoms with Crippen molar-refractivity contribution in [3.8, 4) is 6.07 Å². The van der Waals surface area contributed by atoms with Gasteiger partial charge in [-0.2, -0.15) is 5.26 Å². The van der Waals surface area contributed by atoms with Gasteiger partial charge in [-0.3, -0.25) is 10.2 Å². The van der Waals surface area contributed by atoms with E-state index in [4.69, 9.17) is 10.00 Å². The molecular formula is C15H19N3O. The van der Waals surface area contributed by atoms with Gasteiger partial charge < -0.3 is 4.74 Å². The minimum atomic E-state index is -0.0405. The molecule has 0 radical (unpaired) electrons. The van der Waals surface area contributed by atoms with Crippen LogP contribution in [0.3, 0.4) is 0 Å². The number of nitrogens with one attached hydrogen (secondary N) is 1. The molecule has 1 spiro atoms. The average Bonchev–Trinajstić information content (AvgIpc) is 2.91. The predicted octanol–water partition coefficient (Wildman–Crippen LogP) is 1.47. The lowest BCUT2D eigenvalue weighted by Gasteiger charge is -2.38. The molecule has 0 aromatic heterocycles. The fraction of sp³-hybridized carbons (Fsp3) is 0.533. The summed E-state index contributed by atoms with van der Waals surface area (Å²) >= 11 is 0. The quantitative estimate of drug-likeness (QED) is 0.871. The van der Waals surface area contributed by atoms with E-state index in [1.54, 1.807) is 0 Å². The van der Waals surface area contributed by atoms with Crippen molar-refractivity contribution in [1.29, 1.82) is 5.26 Å². The fourth-order valence-electron chi connectivity index (χ4n) is 2.91. The Labute approximate surface area is 114 Å². The van der Waals surface area contributed by atoms with Crippen LogP contribution in [-0.2, 0) is 11.3 Å². The molecule has 0 atom stereocenters. The molecule has 2 heterocycles. The zero-order valence-electron chi connectivity index (χ0n) is 11.1. The maximum absolute atomic E-state index is 8.79. The maximum Gasteiger partial charge on any atom is 0.121 e. The van der Waals surface area contributed by atoms with Crippen LogP contribution in [0.5, 0.6) is 0 Å². The first-order valence-electron chi connectivity index (χ1n) is 6.90. The van der Waals surface area contributed by atoms with Crippen LogP contribution < -0.4 is 5.32 Å². The Bertz CT molecular complexity index is 461. The first-order chi connectivity index (χ1) is 9.30. The van der Waals surface area contributed by atoms with Gasteiger partial charge in [-0.05, 0) is 17.7 Å². The molecule has 100 valence electrons. The van der Waals surface area contributed by atoms with Gasteiger partial charge in [0.25, 0.3) is 0 Å². The number of ether oxygens (including phenoxy) is 1. The minimum Gasteiger partial charge on any atom is -0.359 e. The van der Waals surface area contributed by atoms with Gasteiger partial charge in [0.1, 0.15) is 5.72 Å². The molecule has 0 bridgehead atoms. The largest absolute Gasteiger partial charge is 0.359 e. The van der Waals surface area contributed by atoms with Crippen LogP contribution in [0.4, 0.5) is 0 Å². The van der Waals surface area contributed by atoms with Gasteiger partial charge in [0.05, 0.1) is 18.2 Å². The van der Waals surface area contributed by atoms with Gasteiger partial charge in [-0.15, -0.1) is 0 Å². The topological polar surface area (TPSA) is 48.3 Å². The van der Waals surface area contributed by atoms with E-state index in [2.05, 4.69) is 16.3 Å². The molecule has 2 saturated heterocycles. The van der Waals surface area contributed by atoms with Gasteiger partial charge >= 0.3 is 0 Å². The van der Waals surface area contributed by atoms with Gasteiger partial charge in [-0.1, -0.05) is 12.1 Å². The summed E-state index contributed by atoms with van der Waals surface area (Å²) in [6.45, 7) is 4.91. The van der Waals surface area contributed by atoms with Crippen LogP contribution in [0.2, 0.25) is 0 Å². The molecule has 3 rings (SSSR count). The van der Waals surface area contributed by atoms with E-state index in [-0.39, 0.29) is 5.72 Å². The SMILES string of the molecule is N#Cc1ccc(CN2CCC3(CC2)NCCO3)cc1. The second-order valence-corrected chi connectivity index (χ2v) is 5.35. The Kier molecular flexibility index (Phi) is 3.52. The fourth-order valence-corrected chi connectivity index (χ4v) is 2.91. The van der Waals surface area contributed by atoms with Crippen molar-refractivity contribution in [2.75, 3.05) is 26.2 Å². The van der Waals surface area contributed by atoms with E-state index in [0.29, 0.717) is 0 Å². The van der Waals surface area contributed by atoms with Crippen LogP contribution in [0, 0.1) is 11.3 Å². The lowest BCUT2D eigenvalue weighted by Crippen LogP contribution is -2.50. The highest BCUT2D eigenvalue weighted by Gasteiger charge is 2.37. The van der Waals surface area contributed by atoms with E-state index in [1.165, 1.54) is 5.56 Å². The molecule has 0 amide bonds. The molecular weight excluding hydrogens is 238 g/mol. The smallest absolute Gasteiger partial charge is 0.121 e. The third-order valence-electron chi connectivity index (χ3n) is 4.08. The highest BCUT2D eigenvalue weighted by Crippen LogP contribution is 2.27. The average molecular weight is 257 g/mol. The van der Waals surface area contributed by atoms with Gasteiger partial charge in [0.15, 0.2) is 0 Å². The van der Waals surface area contributed by atoms with Gasteiger partial charge in [-0.25, -0.2) is 0 Å². The second kappa shape index (κ2) is 5.30. The lowest BCUT2D eigenvalue weighted by atomic mass is 10.00. The molecule has 0 aliphatic carbocycles. The van der Waals surface area contributed by atoms with Crippen molar-refractivity contribution >= 4 is 0 Å². The van der Waals surface area contributed by atoms with E-state index < -0.39 is 0 Å². The lowest BCUT2D eigenvalue weighted by molar-refractivity contribution is -0.0576. The molecule has 4 heteroatoms. The molecule has 1 aromatic rings. The van der Waals surface area contributed by atoms with Crippen LogP contribution in [0.1, 0.15) is 24.0 Å². The van der Waals surface area contributed by atoms with Crippen molar-refractivity contribution in [1.82, 2.24) is 10.2 Å². The van der Waals surface area contributed by atoms with Gasteiger partial charge in [0.2, 0.25) is 0 Å². The molecule has 0 unspecified atom stereocenters. The van der Waals surface area contributed by atoms with Crippen molar-refractivity contribution < 1.29 is 4.74 Å². The summed E-state index contributed by atoms with van der Waals surface area (Å²) in [5.74, 6) is 0. The second-order valence-electron chi connectivity index (χ2n) is 5.35. The van der Waals surface area contributed by atoms with E-state index in [9.17, 15) is 0 Å². The normalized spacial score (nSPS) is 22.5. The molecule has 4 nitrogen and oxygen atoms in total. The summed E-state index contributed by atoms with van der Waals surface area (Å²) in [6, 6.07) is 10.0. The Morgan fingerprint density at radius 1 is 1.26 bits per heavy atom. The van der Waals surface area contributed by atoms with E-state index >= 15 is 0 Å². The Balaban J connectivity index is 1.55. The number of nitrogens with zero attached hydrogens (tertiary/aromatic N) is 2. The molecule has 2 aliphatic heterocycles. The Morgan fingerprint density at radius 3 is 2.58 bits per heavy atom. The zero-order chi connectivity index (χ0) is 13.1. The van der Waals surface area contributed by atoms with Gasteiger partial charge in [0, 0.05) is 39.0 Å². The number of nitriles is 1. The third kappa shape index (κ3) is 2.79. The summed E-state index contributed by atoms with van der Waals surface area (Å²) in [4.78, 5) is 2.45. The third-order valence-corrected chi connectivity index (χ3v) is 4.08. The minimum absolute atomic E-state index is 0.0405. The summed E-state index contributed by atoms with van der Waals surface area (Å²) < 4.78 is 5.84. The molecule has 2 aliphatic rings. The van der Waals surface area contributed by atoms with Crippen LogP contribution in [0.25, 0.3) is 0 Å². The monoisotopic (exact) mass is 257 g/mol. The van der Waals surface area contributed by atoms with Crippen molar-refractivity contribution in [2.45, 2.75) is 25.1 Å². The van der Waals surface area contributed by atoms with Crippen molar-refractivity contribution in [2.24, 2.45) is 0 Å². The number of rotatable bonds is 2. The molecule has 0 saturated carbocycles. The number of hydrogen-bond donors (Lipinski definition) is 1. The van der Waals surface area contributed by atoms with E-state index in [0.717, 1.165) is 51.2 Å². The predicted molar refractivity (Wildman–Crippen MR) is 72.4 cm³/mol. The molecule has 2 fully saturated rings.